The molecule has 0 amide bonds. The van der Waals surface area contributed by atoms with Crippen LogP contribution in [0.15, 0.2) is 18.2 Å². The number of hydrogen-bond acceptors (Lipinski definition) is 6. The van der Waals surface area contributed by atoms with Crippen LogP contribution in [0, 0.1) is 0 Å². The third kappa shape index (κ3) is 2.48. The highest BCUT2D eigenvalue weighted by molar-refractivity contribution is 7.09. The van der Waals surface area contributed by atoms with Crippen LogP contribution in [0.4, 0.5) is 10.8 Å². The van der Waals surface area contributed by atoms with E-state index in [9.17, 15) is 0 Å². The van der Waals surface area contributed by atoms with E-state index in [1.54, 1.807) is 14.2 Å². The summed E-state index contributed by atoms with van der Waals surface area (Å²) in [7, 11) is 3.39. The van der Waals surface area contributed by atoms with Crippen molar-refractivity contribution in [2.24, 2.45) is 0 Å². The number of anilines is 2. The maximum absolute atomic E-state index is 5.27. The van der Waals surface area contributed by atoms with Gasteiger partial charge in [-0.25, -0.2) is 4.98 Å². The van der Waals surface area contributed by atoms with Crippen molar-refractivity contribution in [2.45, 2.75) is 12.8 Å². The molecule has 0 bridgehead atoms. The first-order chi connectivity index (χ1) is 9.81. The van der Waals surface area contributed by atoms with Crippen LogP contribution in [-0.2, 0) is 17.6 Å². The molecule has 1 aromatic heterocycles. The van der Waals surface area contributed by atoms with Gasteiger partial charge in [-0.2, -0.15) is 4.37 Å². The van der Waals surface area contributed by atoms with E-state index in [2.05, 4.69) is 26.4 Å². The van der Waals surface area contributed by atoms with E-state index < -0.39 is 0 Å². The van der Waals surface area contributed by atoms with Crippen molar-refractivity contribution in [2.75, 3.05) is 32.3 Å². The van der Waals surface area contributed by atoms with Gasteiger partial charge in [0.2, 0.25) is 5.13 Å². The Morgan fingerprint density at radius 2 is 2.25 bits per heavy atom. The van der Waals surface area contributed by atoms with Gasteiger partial charge >= 0.3 is 0 Å². The van der Waals surface area contributed by atoms with Crippen molar-refractivity contribution in [1.82, 2.24) is 9.36 Å². The maximum Gasteiger partial charge on any atom is 0.209 e. The Bertz CT molecular complexity index is 600. The number of rotatable bonds is 5. The first kappa shape index (κ1) is 13.3. The highest BCUT2D eigenvalue weighted by Crippen LogP contribution is 2.37. The Balaban J connectivity index is 1.82. The fourth-order valence-corrected chi connectivity index (χ4v) is 3.11. The second-order valence-corrected chi connectivity index (χ2v) is 5.36. The normalized spacial score (nSPS) is 13.6. The van der Waals surface area contributed by atoms with E-state index in [-0.39, 0.29) is 0 Å². The Kier molecular flexibility index (Phi) is 3.84. The van der Waals surface area contributed by atoms with E-state index in [1.165, 1.54) is 22.8 Å². The quantitative estimate of drug-likeness (QED) is 0.846. The number of nitrogens with zero attached hydrogens (tertiary/aromatic N) is 3. The van der Waals surface area contributed by atoms with Crippen molar-refractivity contribution < 1.29 is 9.47 Å². The van der Waals surface area contributed by atoms with Crippen molar-refractivity contribution in [3.05, 3.63) is 29.6 Å². The molecule has 0 N–H and O–H groups in total. The van der Waals surface area contributed by atoms with E-state index in [1.807, 2.05) is 6.07 Å². The number of fused-ring (bicyclic) bond motifs is 1. The van der Waals surface area contributed by atoms with Crippen molar-refractivity contribution in [1.29, 1.82) is 0 Å². The predicted octanol–water partition coefficient (Wildman–Crippen LogP) is 2.43. The van der Waals surface area contributed by atoms with Gasteiger partial charge < -0.3 is 14.4 Å². The number of hydrogen-bond donors (Lipinski definition) is 0. The minimum atomic E-state index is 0.657. The largest absolute Gasteiger partial charge is 0.497 e. The summed E-state index contributed by atoms with van der Waals surface area (Å²) in [5.41, 5.74) is 2.51. The van der Waals surface area contributed by atoms with Crippen LogP contribution in [0.25, 0.3) is 0 Å². The molecule has 1 aliphatic heterocycles. The number of ether oxygens (including phenoxy) is 2. The molecule has 0 radical (unpaired) electrons. The van der Waals surface area contributed by atoms with Gasteiger partial charge in [0.25, 0.3) is 0 Å². The zero-order valence-electron chi connectivity index (χ0n) is 11.6. The van der Waals surface area contributed by atoms with E-state index in [4.69, 9.17) is 9.47 Å². The predicted molar refractivity (Wildman–Crippen MR) is 79.2 cm³/mol. The molecule has 0 saturated heterocycles. The van der Waals surface area contributed by atoms with Crippen molar-refractivity contribution in [3.8, 4) is 5.75 Å². The average molecular weight is 291 g/mol. The lowest BCUT2D eigenvalue weighted by Gasteiger charge is -2.15. The monoisotopic (exact) mass is 291 g/mol. The highest BCUT2D eigenvalue weighted by Gasteiger charge is 2.23. The lowest BCUT2D eigenvalue weighted by Crippen LogP contribution is -2.13. The Hall–Kier alpha value is -1.66. The second kappa shape index (κ2) is 5.76. The lowest BCUT2D eigenvalue weighted by molar-refractivity contribution is 0.201. The molecule has 20 heavy (non-hydrogen) atoms. The molecule has 0 unspecified atom stereocenters. The first-order valence-corrected chi connectivity index (χ1v) is 7.35. The van der Waals surface area contributed by atoms with Crippen LogP contribution < -0.4 is 9.64 Å². The van der Waals surface area contributed by atoms with Gasteiger partial charge in [0.05, 0.1) is 13.7 Å². The van der Waals surface area contributed by atoms with Crippen LogP contribution in [0.3, 0.4) is 0 Å². The molecule has 106 valence electrons. The van der Waals surface area contributed by atoms with Crippen LogP contribution in [0.2, 0.25) is 0 Å². The standard InChI is InChI=1S/C14H17N3O2S/c1-18-8-6-13-15-14(20-16-13)17-7-5-10-9-11(19-2)3-4-12(10)17/h3-4,9H,5-8H2,1-2H3. The minimum Gasteiger partial charge on any atom is -0.497 e. The Labute approximate surface area is 122 Å². The molecule has 5 nitrogen and oxygen atoms in total. The highest BCUT2D eigenvalue weighted by atomic mass is 32.1. The first-order valence-electron chi connectivity index (χ1n) is 6.58. The molecule has 3 rings (SSSR count). The maximum atomic E-state index is 5.27. The summed E-state index contributed by atoms with van der Waals surface area (Å²) < 4.78 is 14.7. The van der Waals surface area contributed by atoms with Crippen LogP contribution in [0.5, 0.6) is 5.75 Å². The smallest absolute Gasteiger partial charge is 0.209 e. The van der Waals surface area contributed by atoms with Gasteiger partial charge in [-0.05, 0) is 30.2 Å². The summed E-state index contributed by atoms with van der Waals surface area (Å²) in [6.07, 6.45) is 1.77. The van der Waals surface area contributed by atoms with Gasteiger partial charge in [-0.1, -0.05) is 0 Å². The molecule has 0 fully saturated rings. The van der Waals surface area contributed by atoms with Gasteiger partial charge in [0.1, 0.15) is 11.6 Å². The van der Waals surface area contributed by atoms with E-state index in [0.29, 0.717) is 6.61 Å². The summed E-state index contributed by atoms with van der Waals surface area (Å²) in [5.74, 6) is 1.76. The second-order valence-electron chi connectivity index (χ2n) is 4.63. The molecular formula is C14H17N3O2S. The zero-order valence-corrected chi connectivity index (χ0v) is 12.4. The molecule has 0 atom stereocenters. The van der Waals surface area contributed by atoms with Crippen molar-refractivity contribution >= 4 is 22.4 Å². The fraction of sp³-hybridized carbons (Fsp3) is 0.429. The average Bonchev–Trinajstić information content (AvgIpc) is 3.10. The topological polar surface area (TPSA) is 47.5 Å². The summed E-state index contributed by atoms with van der Waals surface area (Å²) in [5, 5.41) is 0.958. The fourth-order valence-electron chi connectivity index (χ4n) is 2.35. The van der Waals surface area contributed by atoms with Gasteiger partial charge in [-0.15, -0.1) is 0 Å². The molecule has 0 spiro atoms. The SMILES string of the molecule is COCCc1nsc(N2CCc3cc(OC)ccc32)n1. The molecule has 0 aliphatic carbocycles. The Morgan fingerprint density at radius 1 is 1.35 bits per heavy atom. The van der Waals surface area contributed by atoms with Gasteiger partial charge in [-0.3, -0.25) is 0 Å². The third-order valence-electron chi connectivity index (χ3n) is 3.40. The van der Waals surface area contributed by atoms with Crippen LogP contribution >= 0.6 is 11.5 Å². The molecule has 2 aromatic rings. The van der Waals surface area contributed by atoms with Gasteiger partial charge in [0, 0.05) is 37.3 Å². The number of benzene rings is 1. The molecular weight excluding hydrogens is 274 g/mol. The van der Waals surface area contributed by atoms with Crippen LogP contribution in [0.1, 0.15) is 11.4 Å². The lowest BCUT2D eigenvalue weighted by atomic mass is 10.1. The summed E-state index contributed by atoms with van der Waals surface area (Å²) in [6.45, 7) is 1.60. The summed E-state index contributed by atoms with van der Waals surface area (Å²) >= 11 is 1.45. The molecule has 0 saturated carbocycles. The van der Waals surface area contributed by atoms with Gasteiger partial charge in [0.15, 0.2) is 0 Å². The molecule has 6 heteroatoms. The summed E-state index contributed by atoms with van der Waals surface area (Å²) in [4.78, 5) is 6.82. The van der Waals surface area contributed by atoms with Crippen LogP contribution in [-0.4, -0.2) is 36.7 Å². The van der Waals surface area contributed by atoms with Crippen molar-refractivity contribution in [3.63, 3.8) is 0 Å². The number of methoxy groups -OCH3 is 2. The third-order valence-corrected chi connectivity index (χ3v) is 4.18. The molecule has 1 aromatic carbocycles. The Morgan fingerprint density at radius 3 is 3.05 bits per heavy atom. The zero-order chi connectivity index (χ0) is 13.9. The van der Waals surface area contributed by atoms with E-state index >= 15 is 0 Å². The minimum absolute atomic E-state index is 0.657. The summed E-state index contributed by atoms with van der Waals surface area (Å²) in [6, 6.07) is 6.18. The molecule has 1 aliphatic rings. The van der Waals surface area contributed by atoms with E-state index in [0.717, 1.165) is 36.1 Å². The molecule has 2 heterocycles. The number of aromatic nitrogens is 2.